The summed E-state index contributed by atoms with van der Waals surface area (Å²) in [5.74, 6) is 0.984. The van der Waals surface area contributed by atoms with Gasteiger partial charge in [0.1, 0.15) is 5.82 Å². The van der Waals surface area contributed by atoms with Crippen LogP contribution in [0.3, 0.4) is 0 Å². The Labute approximate surface area is 136 Å². The first-order chi connectivity index (χ1) is 11.4. The minimum absolute atomic E-state index is 0.102. The van der Waals surface area contributed by atoms with E-state index in [1.165, 1.54) is 12.1 Å². The van der Waals surface area contributed by atoms with Gasteiger partial charge < -0.3 is 0 Å². The first kappa shape index (κ1) is 16.9. The van der Waals surface area contributed by atoms with Gasteiger partial charge in [-0.25, -0.2) is 4.98 Å². The van der Waals surface area contributed by atoms with Crippen molar-refractivity contribution in [1.82, 2.24) is 20.1 Å². The van der Waals surface area contributed by atoms with Gasteiger partial charge in [-0.05, 0) is 24.6 Å². The lowest BCUT2D eigenvalue weighted by molar-refractivity contribution is -0.137. The van der Waals surface area contributed by atoms with Crippen molar-refractivity contribution in [2.24, 2.45) is 5.92 Å². The Kier molecular flexibility index (Phi) is 4.58. The van der Waals surface area contributed by atoms with Crippen molar-refractivity contribution in [2.75, 3.05) is 19.8 Å². The third-order valence-electron chi connectivity index (χ3n) is 4.35. The van der Waals surface area contributed by atoms with Crippen molar-refractivity contribution in [3.05, 3.63) is 47.0 Å². The molecule has 0 bridgehead atoms. The Morgan fingerprint density at radius 2 is 1.92 bits per heavy atom. The molecule has 0 aliphatic carbocycles. The molecule has 0 amide bonds. The van der Waals surface area contributed by atoms with Gasteiger partial charge in [0.2, 0.25) is 0 Å². The van der Waals surface area contributed by atoms with Gasteiger partial charge in [-0.1, -0.05) is 12.1 Å². The second-order valence-electron chi connectivity index (χ2n) is 6.19. The van der Waals surface area contributed by atoms with Crippen LogP contribution in [0, 0.1) is 12.8 Å². The highest BCUT2D eigenvalue weighted by Gasteiger charge is 2.36. The van der Waals surface area contributed by atoms with Crippen LogP contribution in [0.15, 0.2) is 24.3 Å². The first-order valence-corrected chi connectivity index (χ1v) is 7.70. The summed E-state index contributed by atoms with van der Waals surface area (Å²) in [6.07, 6.45) is -4.33. The normalized spacial score (nSPS) is 22.2. The summed E-state index contributed by atoms with van der Waals surface area (Å²) in [5, 5.41) is 6.89. The van der Waals surface area contributed by atoms with Crippen molar-refractivity contribution in [3.63, 3.8) is 0 Å². The average molecular weight is 342 g/mol. The van der Waals surface area contributed by atoms with E-state index < -0.39 is 18.4 Å². The van der Waals surface area contributed by atoms with Crippen molar-refractivity contribution >= 4 is 0 Å². The molecule has 2 atom stereocenters. The predicted molar refractivity (Wildman–Crippen MR) is 80.0 cm³/mol. The van der Waals surface area contributed by atoms with Crippen LogP contribution in [0.5, 0.6) is 0 Å². The van der Waals surface area contributed by atoms with Gasteiger partial charge in [0, 0.05) is 31.5 Å². The van der Waals surface area contributed by atoms with Gasteiger partial charge in [0.05, 0.1) is 12.2 Å². The van der Waals surface area contributed by atoms with Crippen molar-refractivity contribution in [1.29, 1.82) is 0 Å². The molecule has 130 valence electrons. The predicted octanol–water partition coefficient (Wildman–Crippen LogP) is 3.32. The number of aryl methyl sites for hydroxylation is 1. The Morgan fingerprint density at radius 1 is 1.21 bits per heavy atom. The van der Waals surface area contributed by atoms with Gasteiger partial charge in [-0.2, -0.15) is 18.3 Å². The maximum absolute atomic E-state index is 13.3. The average Bonchev–Trinajstić information content (AvgIpc) is 3.13. The van der Waals surface area contributed by atoms with E-state index >= 15 is 0 Å². The molecule has 24 heavy (non-hydrogen) atoms. The number of halogens is 4. The van der Waals surface area contributed by atoms with E-state index in [1.807, 2.05) is 4.90 Å². The maximum Gasteiger partial charge on any atom is 0.416 e. The second kappa shape index (κ2) is 6.51. The van der Waals surface area contributed by atoms with Crippen molar-refractivity contribution in [2.45, 2.75) is 25.6 Å². The molecule has 1 saturated heterocycles. The fourth-order valence-electron chi connectivity index (χ4n) is 3.12. The van der Waals surface area contributed by atoms with Crippen LogP contribution < -0.4 is 0 Å². The molecule has 1 aromatic carbocycles. The van der Waals surface area contributed by atoms with Gasteiger partial charge in [-0.15, -0.1) is 0 Å². The third-order valence-corrected chi connectivity index (χ3v) is 4.35. The summed E-state index contributed by atoms with van der Waals surface area (Å²) in [7, 11) is 0. The lowest BCUT2D eigenvalue weighted by atomic mass is 9.97. The highest BCUT2D eigenvalue weighted by molar-refractivity contribution is 5.24. The Morgan fingerprint density at radius 3 is 2.46 bits per heavy atom. The smallest absolute Gasteiger partial charge is 0.298 e. The summed E-state index contributed by atoms with van der Waals surface area (Å²) < 4.78 is 51.1. The number of aromatic nitrogens is 3. The number of nitrogens with zero attached hydrogens (tertiary/aromatic N) is 3. The highest BCUT2D eigenvalue weighted by Crippen LogP contribution is 2.33. The summed E-state index contributed by atoms with van der Waals surface area (Å²) >= 11 is 0. The van der Waals surface area contributed by atoms with Crippen LogP contribution in [0.2, 0.25) is 0 Å². The van der Waals surface area contributed by atoms with Gasteiger partial charge in [0.25, 0.3) is 0 Å². The third kappa shape index (κ3) is 3.58. The number of likely N-dealkylation sites (tertiary alicyclic amines) is 1. The Bertz CT molecular complexity index is 680. The summed E-state index contributed by atoms with van der Waals surface area (Å²) in [5.41, 5.74) is 0.107. The molecule has 3 rings (SSSR count). The standard InChI is InChI=1S/C16H18F4N4/c1-10-21-15(23-22-10)14-9-24(8-12(14)6-17)7-11-2-4-13(5-3-11)16(18,19)20/h2-5,12,14H,6-9H2,1H3,(H,21,22,23). The first-order valence-electron chi connectivity index (χ1n) is 7.70. The van der Waals surface area contributed by atoms with Crippen LogP contribution in [-0.4, -0.2) is 39.8 Å². The summed E-state index contributed by atoms with van der Waals surface area (Å²) in [6, 6.07) is 5.09. The number of hydrogen-bond donors (Lipinski definition) is 1. The molecule has 1 aliphatic heterocycles. The van der Waals surface area contributed by atoms with Gasteiger partial charge in [-0.3, -0.25) is 14.4 Å². The number of H-pyrrole nitrogens is 1. The van der Waals surface area contributed by atoms with E-state index in [0.29, 0.717) is 31.3 Å². The number of aromatic amines is 1. The zero-order chi connectivity index (χ0) is 17.3. The lowest BCUT2D eigenvalue weighted by Crippen LogP contribution is -2.20. The van der Waals surface area contributed by atoms with Crippen LogP contribution in [0.25, 0.3) is 0 Å². The second-order valence-corrected chi connectivity index (χ2v) is 6.19. The van der Waals surface area contributed by atoms with Gasteiger partial charge in [0.15, 0.2) is 5.82 Å². The van der Waals surface area contributed by atoms with Crippen LogP contribution in [0.1, 0.15) is 28.7 Å². The molecule has 2 unspecified atom stereocenters. The van der Waals surface area contributed by atoms with Crippen LogP contribution in [0.4, 0.5) is 17.6 Å². The molecule has 0 radical (unpaired) electrons. The van der Waals surface area contributed by atoms with Crippen LogP contribution >= 0.6 is 0 Å². The van der Waals surface area contributed by atoms with Gasteiger partial charge >= 0.3 is 6.18 Å². The van der Waals surface area contributed by atoms with E-state index in [-0.39, 0.29) is 11.8 Å². The monoisotopic (exact) mass is 342 g/mol. The maximum atomic E-state index is 13.3. The lowest BCUT2D eigenvalue weighted by Gasteiger charge is -2.16. The molecule has 4 nitrogen and oxygen atoms in total. The summed E-state index contributed by atoms with van der Waals surface area (Å²) in [6.45, 7) is 2.93. The minimum atomic E-state index is -4.33. The fourth-order valence-corrected chi connectivity index (χ4v) is 3.12. The number of hydrogen-bond acceptors (Lipinski definition) is 3. The number of nitrogens with one attached hydrogen (secondary N) is 1. The molecule has 1 fully saturated rings. The zero-order valence-corrected chi connectivity index (χ0v) is 13.1. The molecule has 1 aliphatic rings. The molecular formula is C16H18F4N4. The van der Waals surface area contributed by atoms with E-state index in [2.05, 4.69) is 15.2 Å². The quantitative estimate of drug-likeness (QED) is 0.867. The fraction of sp³-hybridized carbons (Fsp3) is 0.500. The van der Waals surface area contributed by atoms with Crippen molar-refractivity contribution < 1.29 is 17.6 Å². The minimum Gasteiger partial charge on any atom is -0.298 e. The van der Waals surface area contributed by atoms with E-state index in [9.17, 15) is 17.6 Å². The summed E-state index contributed by atoms with van der Waals surface area (Å²) in [4.78, 5) is 6.32. The number of rotatable bonds is 4. The molecule has 2 heterocycles. The highest BCUT2D eigenvalue weighted by atomic mass is 19.4. The van der Waals surface area contributed by atoms with E-state index in [0.717, 1.165) is 17.7 Å². The molecule has 2 aromatic rings. The molecule has 0 saturated carbocycles. The zero-order valence-electron chi connectivity index (χ0n) is 13.1. The molecule has 8 heteroatoms. The topological polar surface area (TPSA) is 44.8 Å². The Balaban J connectivity index is 1.68. The number of alkyl halides is 4. The van der Waals surface area contributed by atoms with Crippen LogP contribution in [-0.2, 0) is 12.7 Å². The Hall–Kier alpha value is -1.96. The van der Waals surface area contributed by atoms with E-state index in [1.54, 1.807) is 6.92 Å². The molecule has 1 aromatic heterocycles. The number of benzene rings is 1. The SMILES string of the molecule is Cc1nc(C2CN(Cc3ccc(C(F)(F)F)cc3)CC2CF)n[nH]1. The largest absolute Gasteiger partial charge is 0.416 e. The molecular weight excluding hydrogens is 324 g/mol. The molecule has 0 spiro atoms. The van der Waals surface area contributed by atoms with Crippen molar-refractivity contribution in [3.8, 4) is 0 Å². The molecule has 1 N–H and O–H groups in total. The van der Waals surface area contributed by atoms with E-state index in [4.69, 9.17) is 0 Å².